The number of anilines is 2. The van der Waals surface area contributed by atoms with E-state index in [1.807, 2.05) is 0 Å². The van der Waals surface area contributed by atoms with Crippen molar-refractivity contribution in [3.8, 4) is 0 Å². The lowest BCUT2D eigenvalue weighted by Gasteiger charge is -2.11. The zero-order chi connectivity index (χ0) is 18.1. The first-order valence-electron chi connectivity index (χ1n) is 6.16. The van der Waals surface area contributed by atoms with E-state index in [2.05, 4.69) is 5.32 Å². The fourth-order valence-corrected chi connectivity index (χ4v) is 2.08. The minimum Gasteiger partial charge on any atom is -0.354 e. The van der Waals surface area contributed by atoms with Gasteiger partial charge in [-0.25, -0.2) is 0 Å². The molecule has 0 unspecified atom stereocenters. The first kappa shape index (κ1) is 17.5. The number of nitrogens with zero attached hydrogens (tertiary/aromatic N) is 2. The third-order valence-electron chi connectivity index (χ3n) is 2.94. The number of nitro benzene ring substituents is 2. The number of rotatable bonds is 4. The number of benzene rings is 2. The fraction of sp³-hybridized carbons (Fsp3) is 0.0769. The summed E-state index contributed by atoms with van der Waals surface area (Å²) in [5, 5.41) is 23.9. The van der Waals surface area contributed by atoms with E-state index in [1.54, 1.807) is 0 Å². The Hall–Kier alpha value is -2.88. The van der Waals surface area contributed by atoms with Gasteiger partial charge in [-0.05, 0) is 24.3 Å². The number of nitro groups is 2. The van der Waals surface area contributed by atoms with Gasteiger partial charge >= 0.3 is 17.6 Å². The van der Waals surface area contributed by atoms with Crippen LogP contribution in [-0.4, -0.2) is 9.85 Å². The first-order chi connectivity index (χ1) is 11.1. The van der Waals surface area contributed by atoms with Crippen LogP contribution in [0.3, 0.4) is 0 Å². The minimum atomic E-state index is -4.56. The molecule has 7 nitrogen and oxygen atoms in total. The molecule has 0 saturated heterocycles. The Balaban J connectivity index is 2.37. The monoisotopic (exact) mass is 361 g/mol. The second-order valence-electron chi connectivity index (χ2n) is 4.54. The van der Waals surface area contributed by atoms with E-state index in [-0.39, 0.29) is 16.4 Å². The molecular weight excluding hydrogens is 355 g/mol. The Labute approximate surface area is 137 Å². The van der Waals surface area contributed by atoms with Crippen LogP contribution in [0.4, 0.5) is 35.9 Å². The molecule has 0 aliphatic heterocycles. The number of hydrogen-bond acceptors (Lipinski definition) is 5. The maximum Gasteiger partial charge on any atom is 0.416 e. The number of nitrogens with one attached hydrogen (secondary N) is 1. The largest absolute Gasteiger partial charge is 0.416 e. The van der Waals surface area contributed by atoms with Crippen molar-refractivity contribution in [2.24, 2.45) is 0 Å². The average molecular weight is 362 g/mol. The van der Waals surface area contributed by atoms with Crippen molar-refractivity contribution in [1.82, 2.24) is 0 Å². The van der Waals surface area contributed by atoms with Gasteiger partial charge < -0.3 is 5.32 Å². The molecule has 0 saturated carbocycles. The van der Waals surface area contributed by atoms with Gasteiger partial charge in [0.25, 0.3) is 0 Å². The maximum atomic E-state index is 12.6. The van der Waals surface area contributed by atoms with Gasteiger partial charge in [0.1, 0.15) is 0 Å². The van der Waals surface area contributed by atoms with Crippen LogP contribution in [0.1, 0.15) is 5.56 Å². The lowest BCUT2D eigenvalue weighted by atomic mass is 10.2. The minimum absolute atomic E-state index is 0.0628. The summed E-state index contributed by atoms with van der Waals surface area (Å²) in [6.45, 7) is 0. The molecule has 0 radical (unpaired) electrons. The van der Waals surface area contributed by atoms with E-state index in [9.17, 15) is 33.4 Å². The number of alkyl halides is 3. The van der Waals surface area contributed by atoms with E-state index in [4.69, 9.17) is 11.6 Å². The zero-order valence-corrected chi connectivity index (χ0v) is 12.3. The second kappa shape index (κ2) is 6.32. The molecule has 0 amide bonds. The van der Waals surface area contributed by atoms with E-state index in [1.165, 1.54) is 6.07 Å². The summed E-state index contributed by atoms with van der Waals surface area (Å²) in [5.41, 5.74) is -2.29. The smallest absolute Gasteiger partial charge is 0.354 e. The molecule has 0 aliphatic carbocycles. The normalized spacial score (nSPS) is 11.2. The fourth-order valence-electron chi connectivity index (χ4n) is 1.85. The van der Waals surface area contributed by atoms with E-state index in [0.717, 1.165) is 24.3 Å². The Kier molecular flexibility index (Phi) is 4.60. The molecule has 2 aromatic carbocycles. The lowest BCUT2D eigenvalue weighted by Crippen LogP contribution is -2.05. The summed E-state index contributed by atoms with van der Waals surface area (Å²) in [4.78, 5) is 19.8. The quantitative estimate of drug-likeness (QED) is 0.615. The summed E-state index contributed by atoms with van der Waals surface area (Å²) in [5.74, 6) is 0. The molecule has 2 aromatic rings. The van der Waals surface area contributed by atoms with Crippen LogP contribution in [0.5, 0.6) is 0 Å². The highest BCUT2D eigenvalue weighted by molar-refractivity contribution is 6.33. The SMILES string of the molecule is O=[N+]([O-])c1ccc(Nc2ccc(C(F)(F)F)cc2Cl)cc1[N+](=O)[O-]. The Morgan fingerprint density at radius 3 is 2.08 bits per heavy atom. The number of hydrogen-bond donors (Lipinski definition) is 1. The highest BCUT2D eigenvalue weighted by Crippen LogP contribution is 2.36. The topological polar surface area (TPSA) is 98.3 Å². The maximum absolute atomic E-state index is 12.6. The summed E-state index contributed by atoms with van der Waals surface area (Å²) in [7, 11) is 0. The molecule has 0 aromatic heterocycles. The predicted molar refractivity (Wildman–Crippen MR) is 79.5 cm³/mol. The van der Waals surface area contributed by atoms with Crippen molar-refractivity contribution in [2.75, 3.05) is 5.32 Å². The van der Waals surface area contributed by atoms with Crippen LogP contribution >= 0.6 is 11.6 Å². The summed E-state index contributed by atoms with van der Waals surface area (Å²) in [6, 6.07) is 5.53. The molecule has 1 N–H and O–H groups in total. The van der Waals surface area contributed by atoms with E-state index >= 15 is 0 Å². The molecule has 0 atom stereocenters. The third-order valence-corrected chi connectivity index (χ3v) is 3.26. The molecule has 11 heteroatoms. The number of halogens is 4. The molecule has 0 fully saturated rings. The van der Waals surface area contributed by atoms with Crippen molar-refractivity contribution in [1.29, 1.82) is 0 Å². The second-order valence-corrected chi connectivity index (χ2v) is 4.94. The predicted octanol–water partition coefficient (Wildman–Crippen LogP) is 4.92. The van der Waals surface area contributed by atoms with Crippen molar-refractivity contribution in [3.05, 3.63) is 67.2 Å². The Morgan fingerprint density at radius 2 is 1.58 bits per heavy atom. The molecule has 2 rings (SSSR count). The van der Waals surface area contributed by atoms with Gasteiger partial charge in [0.2, 0.25) is 0 Å². The van der Waals surface area contributed by atoms with Gasteiger partial charge in [0, 0.05) is 17.8 Å². The lowest BCUT2D eigenvalue weighted by molar-refractivity contribution is -0.422. The molecule has 24 heavy (non-hydrogen) atoms. The summed E-state index contributed by atoms with van der Waals surface area (Å²) in [6.07, 6.45) is -4.56. The molecular formula is C13H7ClF3N3O4. The zero-order valence-electron chi connectivity index (χ0n) is 11.5. The van der Waals surface area contributed by atoms with Gasteiger partial charge in [-0.1, -0.05) is 11.6 Å². The van der Waals surface area contributed by atoms with Crippen LogP contribution in [0.2, 0.25) is 5.02 Å². The highest BCUT2D eigenvalue weighted by atomic mass is 35.5. The van der Waals surface area contributed by atoms with Crippen molar-refractivity contribution in [3.63, 3.8) is 0 Å². The van der Waals surface area contributed by atoms with Crippen LogP contribution < -0.4 is 5.32 Å². The van der Waals surface area contributed by atoms with Gasteiger partial charge in [-0.3, -0.25) is 20.2 Å². The van der Waals surface area contributed by atoms with Crippen molar-refractivity contribution < 1.29 is 23.0 Å². The summed E-state index contributed by atoms with van der Waals surface area (Å²) < 4.78 is 37.7. The van der Waals surface area contributed by atoms with Crippen LogP contribution in [0.15, 0.2) is 36.4 Å². The van der Waals surface area contributed by atoms with Crippen LogP contribution in [0, 0.1) is 20.2 Å². The highest BCUT2D eigenvalue weighted by Gasteiger charge is 2.31. The summed E-state index contributed by atoms with van der Waals surface area (Å²) >= 11 is 5.76. The molecule has 0 heterocycles. The van der Waals surface area contributed by atoms with Crippen molar-refractivity contribution >= 4 is 34.4 Å². The first-order valence-corrected chi connectivity index (χ1v) is 6.54. The third kappa shape index (κ3) is 3.71. The van der Waals surface area contributed by atoms with Gasteiger partial charge in [0.05, 0.1) is 26.1 Å². The molecule has 0 aliphatic rings. The van der Waals surface area contributed by atoms with Gasteiger partial charge in [-0.15, -0.1) is 0 Å². The van der Waals surface area contributed by atoms with Crippen molar-refractivity contribution in [2.45, 2.75) is 6.18 Å². The van der Waals surface area contributed by atoms with Gasteiger partial charge in [0.15, 0.2) is 0 Å². The molecule has 126 valence electrons. The van der Waals surface area contributed by atoms with Gasteiger partial charge in [-0.2, -0.15) is 13.2 Å². The van der Waals surface area contributed by atoms with E-state index < -0.39 is 33.0 Å². The van der Waals surface area contributed by atoms with Crippen LogP contribution in [0.25, 0.3) is 0 Å². The molecule has 0 bridgehead atoms. The average Bonchev–Trinajstić information content (AvgIpc) is 2.47. The van der Waals surface area contributed by atoms with Crippen LogP contribution in [-0.2, 0) is 6.18 Å². The molecule has 0 spiro atoms. The standard InChI is InChI=1S/C13H7ClF3N3O4/c14-9-5-7(13(15,16)17)1-3-10(9)18-8-2-4-11(19(21)22)12(6-8)20(23)24/h1-6,18H. The Morgan fingerprint density at radius 1 is 0.958 bits per heavy atom. The van der Waals surface area contributed by atoms with E-state index in [0.29, 0.717) is 6.07 Å². The Bertz CT molecular complexity index is 827.